The van der Waals surface area contributed by atoms with Crippen molar-refractivity contribution in [3.8, 4) is 0 Å². The summed E-state index contributed by atoms with van der Waals surface area (Å²) in [6, 6.07) is 9.41. The molecule has 1 unspecified atom stereocenters. The molecule has 1 aromatic rings. The van der Waals surface area contributed by atoms with Crippen LogP contribution >= 0.6 is 15.9 Å². The van der Waals surface area contributed by atoms with Crippen LogP contribution in [0.1, 0.15) is 52.0 Å². The first-order chi connectivity index (χ1) is 9.90. The van der Waals surface area contributed by atoms with Crippen molar-refractivity contribution in [2.75, 3.05) is 7.05 Å². The molecule has 0 bridgehead atoms. The van der Waals surface area contributed by atoms with Crippen LogP contribution in [0.3, 0.4) is 0 Å². The van der Waals surface area contributed by atoms with Crippen molar-refractivity contribution < 1.29 is 0 Å². The highest BCUT2D eigenvalue weighted by atomic mass is 79.9. The normalized spacial score (nSPS) is 24.8. The van der Waals surface area contributed by atoms with Crippen molar-refractivity contribution in [2.45, 2.75) is 58.9 Å². The molecule has 1 saturated carbocycles. The highest BCUT2D eigenvalue weighted by Crippen LogP contribution is 2.41. The van der Waals surface area contributed by atoms with Crippen molar-refractivity contribution in [1.29, 1.82) is 0 Å². The van der Waals surface area contributed by atoms with Crippen LogP contribution in [0.2, 0.25) is 0 Å². The molecule has 1 fully saturated rings. The second kappa shape index (κ2) is 7.28. The molecule has 0 aliphatic heterocycles. The molecule has 0 amide bonds. The Morgan fingerprint density at radius 1 is 1.10 bits per heavy atom. The lowest BCUT2D eigenvalue weighted by Gasteiger charge is -2.39. The second-order valence-electron chi connectivity index (χ2n) is 7.70. The van der Waals surface area contributed by atoms with Gasteiger partial charge < -0.3 is 5.32 Å². The summed E-state index contributed by atoms with van der Waals surface area (Å²) in [5, 5.41) is 3.58. The first kappa shape index (κ1) is 17.0. The fraction of sp³-hybridized carbons (Fsp3) is 0.684. The summed E-state index contributed by atoms with van der Waals surface area (Å²) in [7, 11) is 2.12. The van der Waals surface area contributed by atoms with Crippen LogP contribution in [0.25, 0.3) is 0 Å². The number of hydrogen-bond donors (Lipinski definition) is 1. The number of rotatable bonds is 4. The van der Waals surface area contributed by atoms with E-state index in [9.17, 15) is 0 Å². The Balaban J connectivity index is 1.92. The van der Waals surface area contributed by atoms with Gasteiger partial charge in [0.15, 0.2) is 0 Å². The van der Waals surface area contributed by atoms with Gasteiger partial charge in [0.2, 0.25) is 0 Å². The molecule has 0 saturated heterocycles. The zero-order chi connectivity index (χ0) is 15.5. The molecule has 1 aliphatic rings. The van der Waals surface area contributed by atoms with Crippen LogP contribution in [0, 0.1) is 17.3 Å². The van der Waals surface area contributed by atoms with E-state index in [1.54, 1.807) is 0 Å². The lowest BCUT2D eigenvalue weighted by molar-refractivity contribution is 0.134. The van der Waals surface area contributed by atoms with Crippen LogP contribution in [0.5, 0.6) is 0 Å². The van der Waals surface area contributed by atoms with Crippen LogP contribution in [0.15, 0.2) is 28.7 Å². The zero-order valence-electron chi connectivity index (χ0n) is 14.0. The summed E-state index contributed by atoms with van der Waals surface area (Å²) in [6.07, 6.45) is 6.70. The molecular formula is C19H30BrN. The van der Waals surface area contributed by atoms with Gasteiger partial charge in [0.05, 0.1) is 0 Å². The van der Waals surface area contributed by atoms with Crippen LogP contribution < -0.4 is 5.32 Å². The van der Waals surface area contributed by atoms with Crippen molar-refractivity contribution in [3.05, 3.63) is 34.3 Å². The predicted molar refractivity (Wildman–Crippen MR) is 95.6 cm³/mol. The van der Waals surface area contributed by atoms with Gasteiger partial charge in [0.1, 0.15) is 0 Å². The topological polar surface area (TPSA) is 12.0 Å². The van der Waals surface area contributed by atoms with Gasteiger partial charge in [-0.3, -0.25) is 0 Å². The Morgan fingerprint density at radius 3 is 2.14 bits per heavy atom. The Morgan fingerprint density at radius 2 is 1.67 bits per heavy atom. The van der Waals surface area contributed by atoms with Crippen molar-refractivity contribution in [2.24, 2.45) is 17.3 Å². The molecule has 0 aromatic heterocycles. The van der Waals surface area contributed by atoms with E-state index in [1.807, 2.05) is 0 Å². The van der Waals surface area contributed by atoms with Crippen LogP contribution in [-0.4, -0.2) is 13.1 Å². The third-order valence-corrected chi connectivity index (χ3v) is 5.83. The molecule has 21 heavy (non-hydrogen) atoms. The number of benzene rings is 1. The van der Waals surface area contributed by atoms with Gasteiger partial charge in [-0.15, -0.1) is 0 Å². The molecule has 1 aliphatic carbocycles. The largest absolute Gasteiger partial charge is 0.316 e. The molecule has 118 valence electrons. The lowest BCUT2D eigenvalue weighted by Crippen LogP contribution is -2.39. The van der Waals surface area contributed by atoms with E-state index < -0.39 is 0 Å². The fourth-order valence-corrected chi connectivity index (χ4v) is 4.03. The van der Waals surface area contributed by atoms with Gasteiger partial charge >= 0.3 is 0 Å². The minimum Gasteiger partial charge on any atom is -0.316 e. The second-order valence-corrected chi connectivity index (χ2v) is 8.62. The Hall–Kier alpha value is -0.340. The summed E-state index contributed by atoms with van der Waals surface area (Å²) in [5.74, 6) is 1.73. The Bertz CT molecular complexity index is 424. The summed E-state index contributed by atoms with van der Waals surface area (Å²) < 4.78 is 1.16. The number of halogens is 1. The van der Waals surface area contributed by atoms with Gasteiger partial charge in [-0.25, -0.2) is 0 Å². The van der Waals surface area contributed by atoms with E-state index in [4.69, 9.17) is 0 Å². The maximum atomic E-state index is 3.58. The summed E-state index contributed by atoms with van der Waals surface area (Å²) in [6.45, 7) is 7.19. The molecule has 0 radical (unpaired) electrons. The number of nitrogens with one attached hydrogen (secondary N) is 1. The molecule has 1 N–H and O–H groups in total. The summed E-state index contributed by atoms with van der Waals surface area (Å²) in [5.41, 5.74) is 1.92. The summed E-state index contributed by atoms with van der Waals surface area (Å²) >= 11 is 3.51. The molecule has 2 heteroatoms. The standard InChI is InChI=1S/C19H30BrN/c1-19(2,3)16-9-7-15(8-10-16)18(21-4)13-14-5-11-17(20)12-6-14/h5-6,11-12,15-16,18,21H,7-10,13H2,1-4H3. The highest BCUT2D eigenvalue weighted by Gasteiger charge is 2.32. The number of hydrogen-bond acceptors (Lipinski definition) is 1. The van der Waals surface area contributed by atoms with Gasteiger partial charge in [-0.2, -0.15) is 0 Å². The van der Waals surface area contributed by atoms with Crippen LogP contribution in [-0.2, 0) is 6.42 Å². The van der Waals surface area contributed by atoms with E-state index in [0.717, 1.165) is 22.7 Å². The van der Waals surface area contributed by atoms with E-state index >= 15 is 0 Å². The summed E-state index contributed by atoms with van der Waals surface area (Å²) in [4.78, 5) is 0. The molecule has 1 aromatic carbocycles. The maximum absolute atomic E-state index is 3.58. The van der Waals surface area contributed by atoms with Crippen LogP contribution in [0.4, 0.5) is 0 Å². The van der Waals surface area contributed by atoms with Crippen molar-refractivity contribution in [3.63, 3.8) is 0 Å². The van der Waals surface area contributed by atoms with Gasteiger partial charge in [0, 0.05) is 10.5 Å². The van der Waals surface area contributed by atoms with Crippen molar-refractivity contribution >= 4 is 15.9 Å². The average molecular weight is 352 g/mol. The first-order valence-corrected chi connectivity index (χ1v) is 9.11. The smallest absolute Gasteiger partial charge is 0.0175 e. The molecular weight excluding hydrogens is 322 g/mol. The van der Waals surface area contributed by atoms with Gasteiger partial charge in [-0.1, -0.05) is 48.8 Å². The minimum atomic E-state index is 0.478. The van der Waals surface area contributed by atoms with E-state index in [1.165, 1.54) is 31.2 Å². The molecule has 1 atom stereocenters. The monoisotopic (exact) mass is 351 g/mol. The fourth-order valence-electron chi connectivity index (χ4n) is 3.77. The predicted octanol–water partition coefficient (Wildman–Crippen LogP) is 5.43. The highest BCUT2D eigenvalue weighted by molar-refractivity contribution is 9.10. The Kier molecular flexibility index (Phi) is 5.90. The van der Waals surface area contributed by atoms with E-state index in [2.05, 4.69) is 73.3 Å². The average Bonchev–Trinajstić information content (AvgIpc) is 2.46. The third kappa shape index (κ3) is 4.82. The van der Waals surface area contributed by atoms with Gasteiger partial charge in [-0.05, 0) is 74.1 Å². The van der Waals surface area contributed by atoms with Gasteiger partial charge in [0.25, 0.3) is 0 Å². The molecule has 0 spiro atoms. The third-order valence-electron chi connectivity index (χ3n) is 5.31. The molecule has 2 rings (SSSR count). The first-order valence-electron chi connectivity index (χ1n) is 8.32. The minimum absolute atomic E-state index is 0.478. The quantitative estimate of drug-likeness (QED) is 0.762. The lowest BCUT2D eigenvalue weighted by atomic mass is 9.68. The van der Waals surface area contributed by atoms with E-state index in [0.29, 0.717) is 11.5 Å². The Labute approximate surface area is 139 Å². The zero-order valence-corrected chi connectivity index (χ0v) is 15.5. The number of likely N-dealkylation sites (N-methyl/N-ethyl adjacent to an activating group) is 1. The van der Waals surface area contributed by atoms with E-state index in [-0.39, 0.29) is 0 Å². The molecule has 0 heterocycles. The molecule has 1 nitrogen and oxygen atoms in total. The van der Waals surface area contributed by atoms with Crippen molar-refractivity contribution in [1.82, 2.24) is 5.32 Å². The maximum Gasteiger partial charge on any atom is 0.0175 e. The SMILES string of the molecule is CNC(Cc1ccc(Br)cc1)C1CCC(C(C)(C)C)CC1.